The van der Waals surface area contributed by atoms with Crippen molar-refractivity contribution in [3.63, 3.8) is 0 Å². The second-order valence-electron chi connectivity index (χ2n) is 10.5. The summed E-state index contributed by atoms with van der Waals surface area (Å²) in [5, 5.41) is 19.9. The Morgan fingerprint density at radius 2 is 1.74 bits per heavy atom. The van der Waals surface area contributed by atoms with Gasteiger partial charge in [0.05, 0.1) is 5.71 Å². The van der Waals surface area contributed by atoms with Crippen molar-refractivity contribution in [1.29, 1.82) is 0 Å². The van der Waals surface area contributed by atoms with Crippen LogP contribution in [0.4, 0.5) is 0 Å². The standard InChI is InChI=1S/C21H32N2O3.C4H4O4/c1-20-7-5-14(23-26-10-9-22)11-13(20)12-17(24)19-15-3-4-18(25)21(15,2)8-6-16(19)20;5-3(6)1-2-4(7)8/h13,15-16,19H,3-12,22H2,1-2H3;1-2H,(H,5,6)(H,7,8)/b;2-1+/t13?,15-,16-,19-,20-,21-;/m0./s1. The maximum Gasteiger partial charge on any atom is 0.328 e. The van der Waals surface area contributed by atoms with Gasteiger partial charge < -0.3 is 20.8 Å². The molecule has 9 nitrogen and oxygen atoms in total. The number of hydrogen-bond donors (Lipinski definition) is 3. The number of nitrogens with two attached hydrogens (primary N) is 1. The fraction of sp³-hybridized carbons (Fsp3) is 0.720. The number of aliphatic carboxylic acids is 2. The van der Waals surface area contributed by atoms with E-state index in [1.165, 1.54) is 0 Å². The van der Waals surface area contributed by atoms with Gasteiger partial charge in [-0.15, -0.1) is 0 Å². The first-order valence-electron chi connectivity index (χ1n) is 12.1. The lowest BCUT2D eigenvalue weighted by molar-refractivity contribution is -0.154. The van der Waals surface area contributed by atoms with Crippen molar-refractivity contribution in [3.05, 3.63) is 12.2 Å². The van der Waals surface area contributed by atoms with E-state index in [1.807, 2.05) is 0 Å². The van der Waals surface area contributed by atoms with Crippen LogP contribution in [0.25, 0.3) is 0 Å². The first kappa shape index (κ1) is 26.1. The smallest absolute Gasteiger partial charge is 0.328 e. The molecular weight excluding hydrogens is 440 g/mol. The molecule has 0 bridgehead atoms. The maximum absolute atomic E-state index is 13.2. The van der Waals surface area contributed by atoms with Crippen LogP contribution in [0, 0.1) is 34.5 Å². The average molecular weight is 477 g/mol. The quantitative estimate of drug-likeness (QED) is 0.311. The average Bonchev–Trinajstić information content (AvgIpc) is 3.08. The van der Waals surface area contributed by atoms with Crippen molar-refractivity contribution in [2.75, 3.05) is 13.2 Å². The summed E-state index contributed by atoms with van der Waals surface area (Å²) in [6.07, 6.45) is 8.25. The molecule has 0 amide bonds. The Balaban J connectivity index is 0.000000350. The second kappa shape index (κ2) is 10.4. The van der Waals surface area contributed by atoms with Crippen LogP contribution in [0.1, 0.15) is 65.2 Å². The van der Waals surface area contributed by atoms with Crippen molar-refractivity contribution in [3.8, 4) is 0 Å². The molecule has 0 heterocycles. The SMILES string of the molecule is C[C@]12CCC(=NOCCN)CC1CC(=O)[C@@H]1[C@@H]2CC[C@]2(C)C(=O)CC[C@@H]12.O=C(O)/C=C/C(=O)O. The van der Waals surface area contributed by atoms with E-state index in [0.29, 0.717) is 61.5 Å². The van der Waals surface area contributed by atoms with E-state index in [1.54, 1.807) is 0 Å². The van der Waals surface area contributed by atoms with Crippen LogP contribution < -0.4 is 5.73 Å². The molecule has 9 heteroatoms. The van der Waals surface area contributed by atoms with Crippen molar-refractivity contribution in [2.45, 2.75) is 65.2 Å². The molecule has 4 N–H and O–H groups in total. The number of Topliss-reactive ketones (excluding diaryl/α,β-unsaturated/α-hetero) is 2. The summed E-state index contributed by atoms with van der Waals surface area (Å²) in [5.41, 5.74) is 6.50. The van der Waals surface area contributed by atoms with Crippen LogP contribution in [-0.4, -0.2) is 52.6 Å². The minimum absolute atomic E-state index is 0.105. The highest BCUT2D eigenvalue weighted by Crippen LogP contribution is 2.64. The number of hydrogen-bond acceptors (Lipinski definition) is 7. The van der Waals surface area contributed by atoms with Crippen LogP contribution in [0.3, 0.4) is 0 Å². The van der Waals surface area contributed by atoms with Crippen molar-refractivity contribution in [1.82, 2.24) is 0 Å². The van der Waals surface area contributed by atoms with E-state index in [-0.39, 0.29) is 22.7 Å². The number of ketones is 2. The Hall–Kier alpha value is -2.55. The van der Waals surface area contributed by atoms with Crippen molar-refractivity contribution in [2.24, 2.45) is 45.4 Å². The van der Waals surface area contributed by atoms with Crippen LogP contribution in [0.15, 0.2) is 17.3 Å². The predicted octanol–water partition coefficient (Wildman–Crippen LogP) is 2.82. The highest BCUT2D eigenvalue weighted by Gasteiger charge is 2.62. The number of carbonyl (C=O) groups excluding carboxylic acids is 2. The molecule has 6 atom stereocenters. The van der Waals surface area contributed by atoms with Crippen LogP contribution in [0.2, 0.25) is 0 Å². The summed E-state index contributed by atoms with van der Waals surface area (Å²) >= 11 is 0. The predicted molar refractivity (Wildman–Crippen MR) is 124 cm³/mol. The molecule has 188 valence electrons. The molecule has 0 aromatic rings. The van der Waals surface area contributed by atoms with E-state index in [0.717, 1.165) is 44.2 Å². The molecule has 0 aromatic carbocycles. The number of fused-ring (bicyclic) bond motifs is 5. The zero-order valence-electron chi connectivity index (χ0n) is 20.0. The molecule has 1 unspecified atom stereocenters. The topological polar surface area (TPSA) is 156 Å². The summed E-state index contributed by atoms with van der Waals surface area (Å²) in [4.78, 5) is 50.1. The molecule has 4 fully saturated rings. The minimum Gasteiger partial charge on any atom is -0.478 e. The van der Waals surface area contributed by atoms with Gasteiger partial charge >= 0.3 is 11.9 Å². The van der Waals surface area contributed by atoms with Crippen LogP contribution >= 0.6 is 0 Å². The van der Waals surface area contributed by atoms with Gasteiger partial charge in [0.25, 0.3) is 0 Å². The van der Waals surface area contributed by atoms with Crippen molar-refractivity contribution < 1.29 is 34.2 Å². The van der Waals surface area contributed by atoms with Gasteiger partial charge in [0.1, 0.15) is 18.2 Å². The van der Waals surface area contributed by atoms with E-state index >= 15 is 0 Å². The molecule has 0 saturated heterocycles. The lowest BCUT2D eigenvalue weighted by Crippen LogP contribution is -2.57. The zero-order valence-corrected chi connectivity index (χ0v) is 20.0. The number of oxime groups is 1. The van der Waals surface area contributed by atoms with E-state index < -0.39 is 11.9 Å². The van der Waals surface area contributed by atoms with Gasteiger partial charge in [0.15, 0.2) is 0 Å². The number of carboxylic acid groups (broad SMARTS) is 2. The molecule has 4 rings (SSSR count). The fourth-order valence-electron chi connectivity index (χ4n) is 6.93. The second-order valence-corrected chi connectivity index (χ2v) is 10.5. The molecule has 0 aliphatic heterocycles. The number of carbonyl (C=O) groups is 4. The highest BCUT2D eigenvalue weighted by molar-refractivity contribution is 5.92. The first-order chi connectivity index (χ1) is 16.0. The number of rotatable bonds is 5. The summed E-state index contributed by atoms with van der Waals surface area (Å²) < 4.78 is 0. The van der Waals surface area contributed by atoms with Crippen LogP contribution in [-0.2, 0) is 24.0 Å². The fourth-order valence-corrected chi connectivity index (χ4v) is 6.93. The highest BCUT2D eigenvalue weighted by atomic mass is 16.6. The molecule has 4 aliphatic rings. The largest absolute Gasteiger partial charge is 0.478 e. The Bertz CT molecular complexity index is 882. The van der Waals surface area contributed by atoms with E-state index in [9.17, 15) is 19.2 Å². The van der Waals surface area contributed by atoms with Crippen LogP contribution in [0.5, 0.6) is 0 Å². The number of nitrogens with zero attached hydrogens (tertiary/aromatic N) is 1. The summed E-state index contributed by atoms with van der Waals surface area (Å²) in [7, 11) is 0. The molecule has 0 aromatic heterocycles. The van der Waals surface area contributed by atoms with Crippen molar-refractivity contribution >= 4 is 29.2 Å². The molecule has 4 saturated carbocycles. The third-order valence-electron chi connectivity index (χ3n) is 8.78. The summed E-state index contributed by atoms with van der Waals surface area (Å²) in [5.74, 6) is -0.519. The number of carboxylic acids is 2. The van der Waals surface area contributed by atoms with E-state index in [2.05, 4.69) is 19.0 Å². The molecule has 0 radical (unpaired) electrons. The monoisotopic (exact) mass is 476 g/mol. The third kappa shape index (κ3) is 5.09. The van der Waals surface area contributed by atoms with Gasteiger partial charge in [-0.3, -0.25) is 9.59 Å². The molecule has 34 heavy (non-hydrogen) atoms. The molecule has 0 spiro atoms. The van der Waals surface area contributed by atoms with Gasteiger partial charge in [0.2, 0.25) is 0 Å². The Kier molecular flexibility index (Phi) is 7.95. The summed E-state index contributed by atoms with van der Waals surface area (Å²) in [6.45, 7) is 5.45. The summed E-state index contributed by atoms with van der Waals surface area (Å²) in [6, 6.07) is 0. The van der Waals surface area contributed by atoms with Gasteiger partial charge in [-0.2, -0.15) is 0 Å². The molecular formula is C25H36N2O7. The lowest BCUT2D eigenvalue weighted by atomic mass is 9.45. The maximum atomic E-state index is 13.2. The Morgan fingerprint density at radius 1 is 1.06 bits per heavy atom. The third-order valence-corrected chi connectivity index (χ3v) is 8.78. The lowest BCUT2D eigenvalue weighted by Gasteiger charge is -2.58. The van der Waals surface area contributed by atoms with E-state index in [4.69, 9.17) is 20.8 Å². The molecule has 4 aliphatic carbocycles. The first-order valence-corrected chi connectivity index (χ1v) is 12.1. The van der Waals surface area contributed by atoms with Gasteiger partial charge in [-0.25, -0.2) is 9.59 Å². The normalized spacial score (nSPS) is 37.9. The van der Waals surface area contributed by atoms with Gasteiger partial charge in [-0.1, -0.05) is 19.0 Å². The van der Waals surface area contributed by atoms with Gasteiger partial charge in [0, 0.05) is 42.9 Å². The van der Waals surface area contributed by atoms with Gasteiger partial charge in [-0.05, 0) is 61.7 Å². The Labute approximate surface area is 199 Å². The zero-order chi connectivity index (χ0) is 25.1. The minimum atomic E-state index is -1.26. The Morgan fingerprint density at radius 3 is 2.35 bits per heavy atom.